The molecule has 98 valence electrons. The van der Waals surface area contributed by atoms with Crippen LogP contribution in [0.3, 0.4) is 0 Å². The maximum absolute atomic E-state index is 12.1. The summed E-state index contributed by atoms with van der Waals surface area (Å²) in [5, 5.41) is 8.82. The fourth-order valence-corrected chi connectivity index (χ4v) is 3.85. The van der Waals surface area contributed by atoms with Crippen LogP contribution in [-0.4, -0.2) is 26.0 Å². The second-order valence-electron chi connectivity index (χ2n) is 5.17. The molecule has 1 fully saturated rings. The Kier molecular flexibility index (Phi) is 3.80. The molecule has 1 aliphatic rings. The van der Waals surface area contributed by atoms with Gasteiger partial charge in [-0.25, -0.2) is 0 Å². The Morgan fingerprint density at radius 3 is 2.78 bits per heavy atom. The van der Waals surface area contributed by atoms with Crippen molar-refractivity contribution in [3.63, 3.8) is 0 Å². The van der Waals surface area contributed by atoms with Gasteiger partial charge in [0.1, 0.15) is 0 Å². The molecule has 1 atom stereocenters. The van der Waals surface area contributed by atoms with Gasteiger partial charge in [-0.1, -0.05) is 6.07 Å². The van der Waals surface area contributed by atoms with Crippen LogP contribution in [0.2, 0.25) is 0 Å². The molecule has 1 saturated carbocycles. The van der Waals surface area contributed by atoms with E-state index in [1.54, 1.807) is 12.4 Å². The fourth-order valence-electron chi connectivity index (χ4n) is 2.14. The van der Waals surface area contributed by atoms with Crippen LogP contribution in [0.25, 0.3) is 0 Å². The van der Waals surface area contributed by atoms with Crippen LogP contribution in [0.1, 0.15) is 30.4 Å². The fraction of sp³-hybridized carbons (Fsp3) is 0.538. The van der Waals surface area contributed by atoms with Crippen LogP contribution < -0.4 is 0 Å². The van der Waals surface area contributed by atoms with Gasteiger partial charge in [0.25, 0.3) is 0 Å². The quantitative estimate of drug-likeness (QED) is 0.854. The molecule has 0 aromatic carbocycles. The molecule has 4 nitrogen and oxygen atoms in total. The van der Waals surface area contributed by atoms with E-state index in [2.05, 4.69) is 4.98 Å². The van der Waals surface area contributed by atoms with Crippen molar-refractivity contribution in [1.82, 2.24) is 4.98 Å². The molecule has 0 bridgehead atoms. The van der Waals surface area contributed by atoms with Crippen LogP contribution in [-0.2, 0) is 21.3 Å². The van der Waals surface area contributed by atoms with E-state index in [1.807, 2.05) is 13.0 Å². The number of aryl methyl sites for hydroxylation is 1. The summed E-state index contributed by atoms with van der Waals surface area (Å²) >= 11 is 0. The first kappa shape index (κ1) is 13.2. The Morgan fingerprint density at radius 1 is 1.50 bits per heavy atom. The van der Waals surface area contributed by atoms with Gasteiger partial charge in [-0.2, -0.15) is 0 Å². The van der Waals surface area contributed by atoms with Crippen LogP contribution in [0.5, 0.6) is 0 Å². The highest BCUT2D eigenvalue weighted by atomic mass is 32.2. The summed E-state index contributed by atoms with van der Waals surface area (Å²) in [6, 6.07) is 1.97. The zero-order chi connectivity index (χ0) is 13.2. The van der Waals surface area contributed by atoms with Gasteiger partial charge in [-0.3, -0.25) is 14.0 Å². The number of carbonyl (C=O) groups is 1. The van der Waals surface area contributed by atoms with E-state index in [4.69, 9.17) is 5.11 Å². The number of hydrogen-bond acceptors (Lipinski definition) is 3. The standard InChI is InChI=1S/C13H17NO3S/c1-10-4-11(7-14-6-10)8-18(17)9-13(2-3-13)5-12(15)16/h4,6-7H,2-3,5,8-9H2,1H3,(H,15,16). The molecule has 0 amide bonds. The summed E-state index contributed by atoms with van der Waals surface area (Å²) in [5.74, 6) is 0.172. The van der Waals surface area contributed by atoms with E-state index in [9.17, 15) is 9.00 Å². The third-order valence-electron chi connectivity index (χ3n) is 3.21. The Morgan fingerprint density at radius 2 is 2.22 bits per heavy atom. The van der Waals surface area contributed by atoms with Gasteiger partial charge < -0.3 is 5.11 Å². The van der Waals surface area contributed by atoms with Crippen molar-refractivity contribution < 1.29 is 14.1 Å². The lowest BCUT2D eigenvalue weighted by Gasteiger charge is -2.11. The first-order chi connectivity index (χ1) is 8.49. The van der Waals surface area contributed by atoms with E-state index in [1.165, 1.54) is 0 Å². The van der Waals surface area contributed by atoms with E-state index < -0.39 is 16.8 Å². The molecule has 1 N–H and O–H groups in total. The predicted octanol–water partition coefficient (Wildman–Crippen LogP) is 1.89. The topological polar surface area (TPSA) is 67.3 Å². The molecular formula is C13H17NO3S. The SMILES string of the molecule is Cc1cncc(CS(=O)CC2(CC(=O)O)CC2)c1. The molecule has 18 heavy (non-hydrogen) atoms. The van der Waals surface area contributed by atoms with Gasteiger partial charge in [0, 0.05) is 28.9 Å². The number of aliphatic carboxylic acids is 1. The van der Waals surface area contributed by atoms with Gasteiger partial charge in [0.2, 0.25) is 0 Å². The van der Waals surface area contributed by atoms with Crippen LogP contribution in [0.4, 0.5) is 0 Å². The number of carboxylic acids is 1. The molecule has 0 saturated heterocycles. The molecule has 1 aliphatic carbocycles. The van der Waals surface area contributed by atoms with Gasteiger partial charge in [-0.05, 0) is 36.3 Å². The zero-order valence-corrected chi connectivity index (χ0v) is 11.2. The van der Waals surface area contributed by atoms with Gasteiger partial charge in [0.05, 0.1) is 12.2 Å². The van der Waals surface area contributed by atoms with E-state index in [0.29, 0.717) is 11.5 Å². The third-order valence-corrected chi connectivity index (χ3v) is 4.80. The molecule has 5 heteroatoms. The summed E-state index contributed by atoms with van der Waals surface area (Å²) in [4.78, 5) is 14.8. The first-order valence-electron chi connectivity index (χ1n) is 5.96. The number of pyridine rings is 1. The number of hydrogen-bond donors (Lipinski definition) is 1. The number of nitrogens with zero attached hydrogens (tertiary/aromatic N) is 1. The third kappa shape index (κ3) is 3.63. The largest absolute Gasteiger partial charge is 0.481 e. The van der Waals surface area contributed by atoms with E-state index in [0.717, 1.165) is 24.0 Å². The second-order valence-corrected chi connectivity index (χ2v) is 6.63. The monoisotopic (exact) mass is 267 g/mol. The Hall–Kier alpha value is -1.23. The minimum Gasteiger partial charge on any atom is -0.481 e. The zero-order valence-electron chi connectivity index (χ0n) is 10.4. The minimum absolute atomic E-state index is 0.144. The van der Waals surface area contributed by atoms with Gasteiger partial charge in [0.15, 0.2) is 0 Å². The normalized spacial score (nSPS) is 18.3. The number of aromatic nitrogens is 1. The molecule has 0 radical (unpaired) electrons. The van der Waals surface area contributed by atoms with Crippen molar-refractivity contribution in [1.29, 1.82) is 0 Å². The summed E-state index contributed by atoms with van der Waals surface area (Å²) in [6.45, 7) is 1.95. The molecule has 1 heterocycles. The summed E-state index contributed by atoms with van der Waals surface area (Å²) < 4.78 is 12.1. The maximum atomic E-state index is 12.1. The number of rotatable bonds is 6. The Bertz CT molecular complexity index is 483. The average molecular weight is 267 g/mol. The van der Waals surface area contributed by atoms with Gasteiger partial charge in [-0.15, -0.1) is 0 Å². The lowest BCUT2D eigenvalue weighted by atomic mass is 10.1. The van der Waals surface area contributed by atoms with Gasteiger partial charge >= 0.3 is 5.97 Å². The van der Waals surface area contributed by atoms with Crippen LogP contribution in [0, 0.1) is 12.3 Å². The van der Waals surface area contributed by atoms with E-state index in [-0.39, 0.29) is 11.8 Å². The summed E-state index contributed by atoms with van der Waals surface area (Å²) in [6.07, 6.45) is 5.40. The van der Waals surface area contributed by atoms with Crippen molar-refractivity contribution in [2.75, 3.05) is 5.75 Å². The lowest BCUT2D eigenvalue weighted by Crippen LogP contribution is -2.17. The summed E-state index contributed by atoms with van der Waals surface area (Å²) in [5.41, 5.74) is 1.81. The van der Waals surface area contributed by atoms with Crippen LogP contribution >= 0.6 is 0 Å². The Labute approximate surface area is 109 Å². The van der Waals surface area contributed by atoms with Crippen LogP contribution in [0.15, 0.2) is 18.5 Å². The number of carboxylic acid groups (broad SMARTS) is 1. The van der Waals surface area contributed by atoms with Crippen molar-refractivity contribution in [2.45, 2.75) is 31.9 Å². The molecule has 1 aromatic rings. The molecule has 1 aromatic heterocycles. The predicted molar refractivity (Wildman–Crippen MR) is 69.6 cm³/mol. The molecule has 0 spiro atoms. The molecule has 1 unspecified atom stereocenters. The van der Waals surface area contributed by atoms with Crippen molar-refractivity contribution in [2.24, 2.45) is 5.41 Å². The minimum atomic E-state index is -1.01. The maximum Gasteiger partial charge on any atom is 0.303 e. The summed E-state index contributed by atoms with van der Waals surface area (Å²) in [7, 11) is -1.01. The average Bonchev–Trinajstić information content (AvgIpc) is 2.95. The Balaban J connectivity index is 1.91. The lowest BCUT2D eigenvalue weighted by molar-refractivity contribution is -0.138. The molecule has 2 rings (SSSR count). The first-order valence-corrected chi connectivity index (χ1v) is 7.45. The highest BCUT2D eigenvalue weighted by molar-refractivity contribution is 7.84. The van der Waals surface area contributed by atoms with Crippen molar-refractivity contribution in [3.05, 3.63) is 29.6 Å². The highest BCUT2D eigenvalue weighted by Gasteiger charge is 2.45. The molecular weight excluding hydrogens is 250 g/mol. The van der Waals surface area contributed by atoms with Crippen molar-refractivity contribution in [3.8, 4) is 0 Å². The van der Waals surface area contributed by atoms with E-state index >= 15 is 0 Å². The smallest absolute Gasteiger partial charge is 0.303 e. The highest BCUT2D eigenvalue weighted by Crippen LogP contribution is 2.49. The van der Waals surface area contributed by atoms with Crippen molar-refractivity contribution >= 4 is 16.8 Å². The second kappa shape index (κ2) is 5.18. The molecule has 0 aliphatic heterocycles.